The Bertz CT molecular complexity index is 693. The Balaban J connectivity index is 2.41. The van der Waals surface area contributed by atoms with Crippen LogP contribution in [0.5, 0.6) is 5.75 Å². The Morgan fingerprint density at radius 1 is 1.00 bits per heavy atom. The number of anilines is 1. The molecule has 0 aromatic heterocycles. The largest absolute Gasteiger partial charge is 0.497 e. The molecule has 2 aromatic carbocycles. The van der Waals surface area contributed by atoms with E-state index in [1.54, 1.807) is 63.5 Å². The van der Waals surface area contributed by atoms with Gasteiger partial charge in [0, 0.05) is 7.05 Å². The molecular weight excluding hydrogens is 274 g/mol. The molecule has 0 N–H and O–H groups in total. The van der Waals surface area contributed by atoms with Crippen LogP contribution in [0, 0.1) is 6.92 Å². The Morgan fingerprint density at radius 2 is 1.60 bits per heavy atom. The smallest absolute Gasteiger partial charge is 0.264 e. The minimum Gasteiger partial charge on any atom is -0.497 e. The first kappa shape index (κ1) is 14.4. The summed E-state index contributed by atoms with van der Waals surface area (Å²) in [6.07, 6.45) is 0. The van der Waals surface area contributed by atoms with E-state index in [9.17, 15) is 8.42 Å². The summed E-state index contributed by atoms with van der Waals surface area (Å²) in [5, 5.41) is 0. The van der Waals surface area contributed by atoms with Gasteiger partial charge in [0.2, 0.25) is 0 Å². The first-order valence-corrected chi connectivity index (χ1v) is 7.59. The van der Waals surface area contributed by atoms with Gasteiger partial charge in [0.05, 0.1) is 17.7 Å². The summed E-state index contributed by atoms with van der Waals surface area (Å²) in [6, 6.07) is 13.9. The lowest BCUT2D eigenvalue weighted by Gasteiger charge is -2.20. The zero-order chi connectivity index (χ0) is 14.8. The minimum atomic E-state index is -3.55. The van der Waals surface area contributed by atoms with Crippen molar-refractivity contribution in [2.45, 2.75) is 11.8 Å². The third kappa shape index (κ3) is 2.63. The van der Waals surface area contributed by atoms with Gasteiger partial charge in [0.15, 0.2) is 0 Å². The predicted octanol–water partition coefficient (Wildman–Crippen LogP) is 2.83. The Labute approximate surface area is 119 Å². The molecule has 0 spiro atoms. The van der Waals surface area contributed by atoms with E-state index in [1.165, 1.54) is 4.31 Å². The lowest BCUT2D eigenvalue weighted by molar-refractivity contribution is 0.415. The van der Waals surface area contributed by atoms with Crippen molar-refractivity contribution in [3.63, 3.8) is 0 Å². The third-order valence-corrected chi connectivity index (χ3v) is 5.11. The van der Waals surface area contributed by atoms with Crippen LogP contribution in [-0.2, 0) is 10.0 Å². The van der Waals surface area contributed by atoms with Crippen molar-refractivity contribution in [1.82, 2.24) is 0 Å². The van der Waals surface area contributed by atoms with Gasteiger partial charge in [-0.2, -0.15) is 0 Å². The number of benzene rings is 2. The van der Waals surface area contributed by atoms with Gasteiger partial charge < -0.3 is 4.74 Å². The molecule has 0 unspecified atom stereocenters. The summed E-state index contributed by atoms with van der Waals surface area (Å²) in [5.41, 5.74) is 1.32. The average molecular weight is 291 g/mol. The second-order valence-corrected chi connectivity index (χ2v) is 6.37. The van der Waals surface area contributed by atoms with Crippen LogP contribution in [0.15, 0.2) is 53.4 Å². The van der Waals surface area contributed by atoms with Gasteiger partial charge in [-0.3, -0.25) is 4.31 Å². The number of rotatable bonds is 4. The molecule has 0 saturated heterocycles. The lowest BCUT2D eigenvalue weighted by Crippen LogP contribution is -2.27. The standard InChI is InChI=1S/C15H17NO3S/c1-12-6-4-5-7-15(12)20(17,18)16(2)13-8-10-14(19-3)11-9-13/h4-11H,1-3H3. The number of methoxy groups -OCH3 is 1. The van der Waals surface area contributed by atoms with E-state index in [4.69, 9.17) is 4.74 Å². The molecule has 4 nitrogen and oxygen atoms in total. The van der Waals surface area contributed by atoms with Crippen LogP contribution in [0.4, 0.5) is 5.69 Å². The lowest BCUT2D eigenvalue weighted by atomic mass is 10.2. The first-order chi connectivity index (χ1) is 9.46. The molecule has 0 bridgehead atoms. The van der Waals surface area contributed by atoms with Crippen molar-refractivity contribution < 1.29 is 13.2 Å². The maximum Gasteiger partial charge on any atom is 0.264 e. The number of sulfonamides is 1. The highest BCUT2D eigenvalue weighted by atomic mass is 32.2. The topological polar surface area (TPSA) is 46.6 Å². The van der Waals surface area contributed by atoms with Gasteiger partial charge in [-0.25, -0.2) is 8.42 Å². The number of aryl methyl sites for hydroxylation is 1. The van der Waals surface area contributed by atoms with Crippen molar-refractivity contribution in [1.29, 1.82) is 0 Å². The van der Waals surface area contributed by atoms with E-state index in [-0.39, 0.29) is 0 Å². The van der Waals surface area contributed by atoms with Crippen LogP contribution < -0.4 is 9.04 Å². The fourth-order valence-electron chi connectivity index (χ4n) is 1.92. The molecule has 0 fully saturated rings. The van der Waals surface area contributed by atoms with E-state index in [0.717, 1.165) is 5.56 Å². The van der Waals surface area contributed by atoms with Crippen LogP contribution in [0.1, 0.15) is 5.56 Å². The third-order valence-electron chi connectivity index (χ3n) is 3.17. The molecule has 0 aliphatic rings. The van der Waals surface area contributed by atoms with Crippen molar-refractivity contribution >= 4 is 15.7 Å². The molecule has 0 heterocycles. The monoisotopic (exact) mass is 291 g/mol. The second-order valence-electron chi connectivity index (χ2n) is 4.44. The average Bonchev–Trinajstić information content (AvgIpc) is 2.47. The minimum absolute atomic E-state index is 0.318. The van der Waals surface area contributed by atoms with E-state index in [0.29, 0.717) is 16.3 Å². The zero-order valence-corrected chi connectivity index (χ0v) is 12.5. The van der Waals surface area contributed by atoms with Gasteiger partial charge >= 0.3 is 0 Å². The van der Waals surface area contributed by atoms with E-state index < -0.39 is 10.0 Å². The van der Waals surface area contributed by atoms with Gasteiger partial charge in [-0.05, 0) is 42.8 Å². The van der Waals surface area contributed by atoms with E-state index in [2.05, 4.69) is 0 Å². The maximum atomic E-state index is 12.6. The highest BCUT2D eigenvalue weighted by Gasteiger charge is 2.22. The molecular formula is C15H17NO3S. The summed E-state index contributed by atoms with van der Waals surface area (Å²) < 4.78 is 31.5. The molecule has 0 saturated carbocycles. The predicted molar refractivity (Wildman–Crippen MR) is 79.8 cm³/mol. The van der Waals surface area contributed by atoms with E-state index >= 15 is 0 Å². The zero-order valence-electron chi connectivity index (χ0n) is 11.7. The molecule has 2 rings (SSSR count). The molecule has 20 heavy (non-hydrogen) atoms. The van der Waals surface area contributed by atoms with Crippen LogP contribution in [0.3, 0.4) is 0 Å². The summed E-state index contributed by atoms with van der Waals surface area (Å²) in [6.45, 7) is 1.79. The molecule has 2 aromatic rings. The molecule has 106 valence electrons. The maximum absolute atomic E-state index is 12.6. The SMILES string of the molecule is COc1ccc(N(C)S(=O)(=O)c2ccccc2C)cc1. The van der Waals surface area contributed by atoms with Crippen molar-refractivity contribution in [2.75, 3.05) is 18.5 Å². The Morgan fingerprint density at radius 3 is 2.15 bits per heavy atom. The molecule has 5 heteroatoms. The van der Waals surface area contributed by atoms with Crippen molar-refractivity contribution in [3.8, 4) is 5.75 Å². The van der Waals surface area contributed by atoms with Gasteiger partial charge in [-0.15, -0.1) is 0 Å². The molecule has 0 aliphatic carbocycles. The van der Waals surface area contributed by atoms with Crippen molar-refractivity contribution in [3.05, 3.63) is 54.1 Å². The first-order valence-electron chi connectivity index (χ1n) is 6.15. The molecule has 0 atom stereocenters. The number of hydrogen-bond donors (Lipinski definition) is 0. The normalized spacial score (nSPS) is 11.2. The summed E-state index contributed by atoms with van der Waals surface area (Å²) in [5.74, 6) is 0.690. The highest BCUT2D eigenvalue weighted by Crippen LogP contribution is 2.25. The molecule has 0 amide bonds. The number of nitrogens with zero attached hydrogens (tertiary/aromatic N) is 1. The summed E-state index contributed by atoms with van der Waals surface area (Å²) >= 11 is 0. The Hall–Kier alpha value is -2.01. The van der Waals surface area contributed by atoms with Gasteiger partial charge in [-0.1, -0.05) is 18.2 Å². The number of ether oxygens (including phenoxy) is 1. The van der Waals surface area contributed by atoms with Crippen LogP contribution in [-0.4, -0.2) is 22.6 Å². The Kier molecular flexibility index (Phi) is 3.99. The van der Waals surface area contributed by atoms with E-state index in [1.807, 2.05) is 6.07 Å². The fraction of sp³-hybridized carbons (Fsp3) is 0.200. The molecule has 0 radical (unpaired) electrons. The highest BCUT2D eigenvalue weighted by molar-refractivity contribution is 7.92. The van der Waals surface area contributed by atoms with Crippen LogP contribution in [0.25, 0.3) is 0 Å². The van der Waals surface area contributed by atoms with Crippen LogP contribution in [0.2, 0.25) is 0 Å². The summed E-state index contributed by atoms with van der Waals surface area (Å²) in [4.78, 5) is 0.318. The van der Waals surface area contributed by atoms with Gasteiger partial charge in [0.1, 0.15) is 5.75 Å². The summed E-state index contributed by atoms with van der Waals surface area (Å²) in [7, 11) is -0.432. The number of hydrogen-bond acceptors (Lipinski definition) is 3. The van der Waals surface area contributed by atoms with Gasteiger partial charge in [0.25, 0.3) is 10.0 Å². The van der Waals surface area contributed by atoms with Crippen molar-refractivity contribution in [2.24, 2.45) is 0 Å². The quantitative estimate of drug-likeness (QED) is 0.870. The second kappa shape index (κ2) is 5.54. The van der Waals surface area contributed by atoms with Crippen LogP contribution >= 0.6 is 0 Å². The fourth-order valence-corrected chi connectivity index (χ4v) is 3.34. The molecule has 0 aliphatic heterocycles.